The summed E-state index contributed by atoms with van der Waals surface area (Å²) in [5, 5.41) is 1.79. The van der Waals surface area contributed by atoms with E-state index in [1.165, 1.54) is 5.56 Å². The summed E-state index contributed by atoms with van der Waals surface area (Å²) in [5.74, 6) is 0.807. The van der Waals surface area contributed by atoms with Crippen molar-refractivity contribution in [2.24, 2.45) is 4.99 Å². The molecule has 0 radical (unpaired) electrons. The summed E-state index contributed by atoms with van der Waals surface area (Å²) in [6.07, 6.45) is 0.861. The summed E-state index contributed by atoms with van der Waals surface area (Å²) < 4.78 is 0. The largest absolute Gasteiger partial charge is 0.388 e. The summed E-state index contributed by atoms with van der Waals surface area (Å²) in [6, 6.07) is 10.2. The van der Waals surface area contributed by atoms with Crippen LogP contribution >= 0.6 is 0 Å². The highest BCUT2D eigenvalue weighted by molar-refractivity contribution is 5.76. The molecular formula is C11H14N2O. The van der Waals surface area contributed by atoms with Crippen LogP contribution in [0, 0.1) is 0 Å². The Morgan fingerprint density at radius 3 is 2.64 bits per heavy atom. The monoisotopic (exact) mass is 190 g/mol. The normalized spacial score (nSPS) is 21.9. The molecule has 2 rings (SSSR count). The van der Waals surface area contributed by atoms with Crippen molar-refractivity contribution in [2.45, 2.75) is 19.5 Å². The van der Waals surface area contributed by atoms with E-state index < -0.39 is 0 Å². The van der Waals surface area contributed by atoms with Gasteiger partial charge < -0.3 is 4.84 Å². The number of hydroxylamine groups is 2. The first-order valence-electron chi connectivity index (χ1n) is 4.83. The molecule has 0 aliphatic carbocycles. The third-order valence-corrected chi connectivity index (χ3v) is 2.26. The summed E-state index contributed by atoms with van der Waals surface area (Å²) >= 11 is 0. The fraction of sp³-hybridized carbons (Fsp3) is 0.364. The highest BCUT2D eigenvalue weighted by Gasteiger charge is 2.25. The highest BCUT2D eigenvalue weighted by atomic mass is 16.7. The molecule has 0 saturated carbocycles. The maximum absolute atomic E-state index is 5.46. The number of rotatable bonds is 2. The maximum Gasteiger partial charge on any atom is 0.211 e. The van der Waals surface area contributed by atoms with Crippen molar-refractivity contribution in [3.8, 4) is 0 Å². The summed E-state index contributed by atoms with van der Waals surface area (Å²) in [5.41, 5.74) is 1.17. The first-order valence-corrected chi connectivity index (χ1v) is 4.83. The third kappa shape index (κ3) is 1.63. The molecule has 1 aliphatic heterocycles. The van der Waals surface area contributed by atoms with Gasteiger partial charge in [-0.2, -0.15) is 0 Å². The van der Waals surface area contributed by atoms with Gasteiger partial charge >= 0.3 is 0 Å². The Bertz CT molecular complexity index is 334. The van der Waals surface area contributed by atoms with Crippen molar-refractivity contribution in [2.75, 3.05) is 7.05 Å². The van der Waals surface area contributed by atoms with Gasteiger partial charge in [-0.15, -0.1) is 5.06 Å². The van der Waals surface area contributed by atoms with Crippen LogP contribution in [0.3, 0.4) is 0 Å². The molecule has 3 heteroatoms. The second-order valence-corrected chi connectivity index (χ2v) is 3.30. The van der Waals surface area contributed by atoms with Crippen LogP contribution in [0.1, 0.15) is 25.1 Å². The number of hydrogen-bond donors (Lipinski definition) is 0. The minimum Gasteiger partial charge on any atom is -0.388 e. The number of nitrogens with zero attached hydrogens (tertiary/aromatic N) is 2. The van der Waals surface area contributed by atoms with E-state index in [1.54, 1.807) is 5.06 Å². The SMILES string of the molecule is CCC1=N[C@H](c2ccccc2)N(C)O1. The maximum atomic E-state index is 5.46. The van der Waals surface area contributed by atoms with Gasteiger partial charge in [-0.05, 0) is 5.56 Å². The molecule has 14 heavy (non-hydrogen) atoms. The zero-order chi connectivity index (χ0) is 9.97. The van der Waals surface area contributed by atoms with Crippen molar-refractivity contribution in [3.05, 3.63) is 35.9 Å². The van der Waals surface area contributed by atoms with Crippen LogP contribution < -0.4 is 0 Å². The van der Waals surface area contributed by atoms with Crippen LogP contribution in [0.25, 0.3) is 0 Å². The van der Waals surface area contributed by atoms with Crippen molar-refractivity contribution in [3.63, 3.8) is 0 Å². The average Bonchev–Trinajstić information content (AvgIpc) is 2.61. The molecule has 1 heterocycles. The minimum absolute atomic E-state index is 0.0196. The Labute approximate surface area is 84.0 Å². The molecule has 0 aromatic heterocycles. The van der Waals surface area contributed by atoms with Gasteiger partial charge in [0, 0.05) is 13.5 Å². The smallest absolute Gasteiger partial charge is 0.211 e. The number of aliphatic imine (C=N–C) groups is 1. The van der Waals surface area contributed by atoms with Crippen LogP contribution in [0.4, 0.5) is 0 Å². The van der Waals surface area contributed by atoms with E-state index in [9.17, 15) is 0 Å². The Morgan fingerprint density at radius 1 is 1.36 bits per heavy atom. The Hall–Kier alpha value is -1.35. The van der Waals surface area contributed by atoms with Crippen molar-refractivity contribution < 1.29 is 4.84 Å². The second-order valence-electron chi connectivity index (χ2n) is 3.30. The molecular weight excluding hydrogens is 176 g/mol. The van der Waals surface area contributed by atoms with Crippen molar-refractivity contribution in [1.82, 2.24) is 5.06 Å². The summed E-state index contributed by atoms with van der Waals surface area (Å²) in [7, 11) is 1.91. The highest BCUT2D eigenvalue weighted by Crippen LogP contribution is 2.26. The lowest BCUT2D eigenvalue weighted by molar-refractivity contribution is -0.0594. The average molecular weight is 190 g/mol. The number of hydrogen-bond acceptors (Lipinski definition) is 3. The predicted octanol–water partition coefficient (Wildman–Crippen LogP) is 2.37. The predicted molar refractivity (Wildman–Crippen MR) is 55.8 cm³/mol. The Balaban J connectivity index is 2.23. The molecule has 0 unspecified atom stereocenters. The molecule has 0 fully saturated rings. The van der Waals surface area contributed by atoms with E-state index in [0.717, 1.165) is 12.3 Å². The third-order valence-electron chi connectivity index (χ3n) is 2.26. The fourth-order valence-corrected chi connectivity index (χ4v) is 1.52. The van der Waals surface area contributed by atoms with Crippen LogP contribution in [-0.2, 0) is 4.84 Å². The molecule has 0 N–H and O–H groups in total. The lowest BCUT2D eigenvalue weighted by Crippen LogP contribution is -2.18. The van der Waals surface area contributed by atoms with Gasteiger partial charge in [0.15, 0.2) is 6.17 Å². The van der Waals surface area contributed by atoms with E-state index in [2.05, 4.69) is 17.1 Å². The van der Waals surface area contributed by atoms with Gasteiger partial charge in [0.1, 0.15) is 0 Å². The molecule has 1 aromatic rings. The molecule has 0 saturated heterocycles. The van der Waals surface area contributed by atoms with Gasteiger partial charge in [-0.3, -0.25) is 0 Å². The van der Waals surface area contributed by atoms with Crippen LogP contribution in [0.5, 0.6) is 0 Å². The van der Waals surface area contributed by atoms with Gasteiger partial charge in [-0.25, -0.2) is 4.99 Å². The van der Waals surface area contributed by atoms with Crippen LogP contribution in [0.15, 0.2) is 35.3 Å². The van der Waals surface area contributed by atoms with Gasteiger partial charge in [0.2, 0.25) is 5.90 Å². The minimum atomic E-state index is 0.0196. The molecule has 0 amide bonds. The number of benzene rings is 1. The topological polar surface area (TPSA) is 24.8 Å². The lowest BCUT2D eigenvalue weighted by Gasteiger charge is -2.15. The second kappa shape index (κ2) is 3.80. The van der Waals surface area contributed by atoms with Crippen molar-refractivity contribution >= 4 is 5.90 Å². The fourth-order valence-electron chi connectivity index (χ4n) is 1.52. The van der Waals surface area contributed by atoms with Crippen LogP contribution in [0.2, 0.25) is 0 Å². The standard InChI is InChI=1S/C11H14N2O/c1-3-10-12-11(13(2)14-10)9-7-5-4-6-8-9/h4-8,11H,3H2,1-2H3/t11-/m0/s1. The van der Waals surface area contributed by atoms with Gasteiger partial charge in [0.25, 0.3) is 0 Å². The zero-order valence-electron chi connectivity index (χ0n) is 8.47. The van der Waals surface area contributed by atoms with Crippen LogP contribution in [-0.4, -0.2) is 18.0 Å². The van der Waals surface area contributed by atoms with Gasteiger partial charge in [-0.1, -0.05) is 37.3 Å². The molecule has 74 valence electrons. The molecule has 1 aliphatic rings. The summed E-state index contributed by atoms with van der Waals surface area (Å²) in [6.45, 7) is 2.04. The van der Waals surface area contributed by atoms with E-state index in [1.807, 2.05) is 32.2 Å². The Kier molecular flexibility index (Phi) is 2.50. The van der Waals surface area contributed by atoms with E-state index in [0.29, 0.717) is 0 Å². The molecule has 3 nitrogen and oxygen atoms in total. The first kappa shape index (κ1) is 9.21. The van der Waals surface area contributed by atoms with Gasteiger partial charge in [0.05, 0.1) is 0 Å². The summed E-state index contributed by atoms with van der Waals surface area (Å²) in [4.78, 5) is 9.94. The van der Waals surface area contributed by atoms with E-state index in [4.69, 9.17) is 4.84 Å². The quantitative estimate of drug-likeness (QED) is 0.715. The molecule has 0 bridgehead atoms. The van der Waals surface area contributed by atoms with E-state index in [-0.39, 0.29) is 6.17 Å². The first-order chi connectivity index (χ1) is 6.81. The zero-order valence-corrected chi connectivity index (χ0v) is 8.47. The van der Waals surface area contributed by atoms with E-state index >= 15 is 0 Å². The lowest BCUT2D eigenvalue weighted by atomic mass is 10.2. The van der Waals surface area contributed by atoms with Crippen molar-refractivity contribution in [1.29, 1.82) is 0 Å². The molecule has 0 spiro atoms. The Morgan fingerprint density at radius 2 is 2.07 bits per heavy atom. The molecule has 1 atom stereocenters. The molecule has 1 aromatic carbocycles.